The first-order chi connectivity index (χ1) is 7.33. The van der Waals surface area contributed by atoms with Crippen molar-refractivity contribution in [2.75, 3.05) is 25.0 Å². The number of nitrogens with one attached hydrogen (secondary N) is 1. The van der Waals surface area contributed by atoms with E-state index in [0.717, 1.165) is 18.2 Å². The smallest absolute Gasteiger partial charge is 0.185 e. The molecule has 4 heteroatoms. The minimum absolute atomic E-state index is 0.877. The molecule has 1 saturated heterocycles. The van der Waals surface area contributed by atoms with E-state index in [0.29, 0.717) is 0 Å². The van der Waals surface area contributed by atoms with Crippen LogP contribution in [0.1, 0.15) is 25.5 Å². The second-order valence-corrected chi connectivity index (χ2v) is 5.00. The van der Waals surface area contributed by atoms with E-state index in [9.17, 15) is 0 Å². The molecule has 1 aliphatic heterocycles. The normalized spacial score (nSPS) is 21.2. The number of rotatable bonds is 4. The lowest BCUT2D eigenvalue weighted by atomic mass is 10.1. The Bertz CT molecular complexity index is 311. The van der Waals surface area contributed by atoms with E-state index in [4.69, 9.17) is 0 Å². The average Bonchev–Trinajstić information content (AvgIpc) is 2.85. The third-order valence-corrected chi connectivity index (χ3v) is 3.98. The molecule has 0 amide bonds. The fourth-order valence-electron chi connectivity index (χ4n) is 2.04. The minimum atomic E-state index is 0.877. The summed E-state index contributed by atoms with van der Waals surface area (Å²) in [6.07, 6.45) is 2.63. The molecule has 0 saturated carbocycles. The summed E-state index contributed by atoms with van der Waals surface area (Å²) in [4.78, 5) is 7.06. The summed E-state index contributed by atoms with van der Waals surface area (Å²) in [5, 5.41) is 6.50. The van der Waals surface area contributed by atoms with Gasteiger partial charge in [0.05, 0.1) is 5.69 Å². The molecule has 84 valence electrons. The molecule has 1 aliphatic rings. The maximum atomic E-state index is 4.63. The summed E-state index contributed by atoms with van der Waals surface area (Å²) in [6.45, 7) is 5.54. The molecule has 1 unspecified atom stereocenters. The zero-order valence-corrected chi connectivity index (χ0v) is 10.3. The Morgan fingerprint density at radius 2 is 2.53 bits per heavy atom. The number of nitrogens with zero attached hydrogens (tertiary/aromatic N) is 2. The van der Waals surface area contributed by atoms with Crippen molar-refractivity contribution >= 4 is 16.5 Å². The van der Waals surface area contributed by atoms with Gasteiger partial charge in [-0.15, -0.1) is 11.3 Å². The zero-order valence-electron chi connectivity index (χ0n) is 9.49. The molecule has 0 spiro atoms. The number of hydrogen-bond acceptors (Lipinski definition) is 4. The Morgan fingerprint density at radius 3 is 3.20 bits per heavy atom. The van der Waals surface area contributed by atoms with Crippen molar-refractivity contribution in [3.8, 4) is 0 Å². The van der Waals surface area contributed by atoms with Gasteiger partial charge >= 0.3 is 0 Å². The van der Waals surface area contributed by atoms with Crippen molar-refractivity contribution in [1.82, 2.24) is 10.3 Å². The van der Waals surface area contributed by atoms with Crippen LogP contribution in [0.25, 0.3) is 0 Å². The standard InChI is InChI=1S/C11H19N3S/c1-3-9-4-5-14(7-9)11-13-10(6-12-2)8-15-11/h8-9,12H,3-7H2,1-2H3. The number of thiazole rings is 1. The summed E-state index contributed by atoms with van der Waals surface area (Å²) >= 11 is 1.77. The Morgan fingerprint density at radius 1 is 1.67 bits per heavy atom. The van der Waals surface area contributed by atoms with Gasteiger partial charge < -0.3 is 10.2 Å². The lowest BCUT2D eigenvalue weighted by Crippen LogP contribution is -2.19. The monoisotopic (exact) mass is 225 g/mol. The Labute approximate surface area is 95.5 Å². The third-order valence-electron chi connectivity index (χ3n) is 3.03. The lowest BCUT2D eigenvalue weighted by molar-refractivity contribution is 0.569. The third kappa shape index (κ3) is 2.49. The van der Waals surface area contributed by atoms with E-state index >= 15 is 0 Å². The minimum Gasteiger partial charge on any atom is -0.348 e. The number of hydrogen-bond donors (Lipinski definition) is 1. The van der Waals surface area contributed by atoms with Gasteiger partial charge in [0.15, 0.2) is 5.13 Å². The topological polar surface area (TPSA) is 28.2 Å². The summed E-state index contributed by atoms with van der Waals surface area (Å²) in [5.41, 5.74) is 1.16. The second kappa shape index (κ2) is 4.94. The predicted molar refractivity (Wildman–Crippen MR) is 65.5 cm³/mol. The molecule has 0 aromatic carbocycles. The maximum absolute atomic E-state index is 4.63. The highest BCUT2D eigenvalue weighted by molar-refractivity contribution is 7.13. The van der Waals surface area contributed by atoms with Gasteiger partial charge in [0.25, 0.3) is 0 Å². The molecule has 15 heavy (non-hydrogen) atoms. The molecule has 1 aromatic heterocycles. The average molecular weight is 225 g/mol. The van der Waals surface area contributed by atoms with Crippen LogP contribution in [0.4, 0.5) is 5.13 Å². The zero-order chi connectivity index (χ0) is 10.7. The van der Waals surface area contributed by atoms with Crippen LogP contribution in [0.5, 0.6) is 0 Å². The molecule has 1 N–H and O–H groups in total. The van der Waals surface area contributed by atoms with E-state index in [1.54, 1.807) is 11.3 Å². The Kier molecular flexibility index (Phi) is 3.59. The van der Waals surface area contributed by atoms with Crippen LogP contribution in [-0.2, 0) is 6.54 Å². The SMILES string of the molecule is CCC1CCN(c2nc(CNC)cs2)C1. The van der Waals surface area contributed by atoms with Crippen LogP contribution in [0.3, 0.4) is 0 Å². The van der Waals surface area contributed by atoms with Crippen LogP contribution in [0, 0.1) is 5.92 Å². The van der Waals surface area contributed by atoms with E-state index in [1.165, 1.54) is 31.1 Å². The van der Waals surface area contributed by atoms with Crippen LogP contribution < -0.4 is 10.2 Å². The molecule has 0 radical (unpaired) electrons. The highest BCUT2D eigenvalue weighted by atomic mass is 32.1. The summed E-state index contributed by atoms with van der Waals surface area (Å²) in [5.74, 6) is 0.877. The van der Waals surface area contributed by atoms with Crippen molar-refractivity contribution < 1.29 is 0 Å². The molecular weight excluding hydrogens is 206 g/mol. The van der Waals surface area contributed by atoms with Crippen LogP contribution in [0.2, 0.25) is 0 Å². The van der Waals surface area contributed by atoms with Gasteiger partial charge in [0, 0.05) is 25.0 Å². The fraction of sp³-hybridized carbons (Fsp3) is 0.727. The first-order valence-corrected chi connectivity index (χ1v) is 6.55. The quantitative estimate of drug-likeness (QED) is 0.850. The van der Waals surface area contributed by atoms with Gasteiger partial charge in [-0.1, -0.05) is 13.3 Å². The van der Waals surface area contributed by atoms with Crippen molar-refractivity contribution in [3.63, 3.8) is 0 Å². The summed E-state index contributed by atoms with van der Waals surface area (Å²) in [7, 11) is 1.96. The van der Waals surface area contributed by atoms with Gasteiger partial charge in [0.2, 0.25) is 0 Å². The molecule has 3 nitrogen and oxygen atoms in total. The van der Waals surface area contributed by atoms with E-state index in [2.05, 4.69) is 27.5 Å². The van der Waals surface area contributed by atoms with Crippen molar-refractivity contribution in [1.29, 1.82) is 0 Å². The van der Waals surface area contributed by atoms with Gasteiger partial charge in [0.1, 0.15) is 0 Å². The largest absolute Gasteiger partial charge is 0.348 e. The molecule has 2 heterocycles. The Balaban J connectivity index is 1.97. The molecule has 1 fully saturated rings. The van der Waals surface area contributed by atoms with Crippen molar-refractivity contribution in [2.45, 2.75) is 26.3 Å². The van der Waals surface area contributed by atoms with Gasteiger partial charge in [-0.3, -0.25) is 0 Å². The highest BCUT2D eigenvalue weighted by Gasteiger charge is 2.22. The highest BCUT2D eigenvalue weighted by Crippen LogP contribution is 2.28. The molecule has 0 bridgehead atoms. The first-order valence-electron chi connectivity index (χ1n) is 5.67. The number of anilines is 1. The van der Waals surface area contributed by atoms with E-state index in [1.807, 2.05) is 7.05 Å². The van der Waals surface area contributed by atoms with E-state index in [-0.39, 0.29) is 0 Å². The summed E-state index contributed by atoms with van der Waals surface area (Å²) in [6, 6.07) is 0. The molecular formula is C11H19N3S. The van der Waals surface area contributed by atoms with Crippen LogP contribution in [0.15, 0.2) is 5.38 Å². The van der Waals surface area contributed by atoms with Gasteiger partial charge in [-0.25, -0.2) is 4.98 Å². The maximum Gasteiger partial charge on any atom is 0.185 e. The van der Waals surface area contributed by atoms with Crippen LogP contribution >= 0.6 is 11.3 Å². The molecule has 0 aliphatic carbocycles. The van der Waals surface area contributed by atoms with Crippen LogP contribution in [-0.4, -0.2) is 25.1 Å². The van der Waals surface area contributed by atoms with Crippen molar-refractivity contribution in [3.05, 3.63) is 11.1 Å². The summed E-state index contributed by atoms with van der Waals surface area (Å²) < 4.78 is 0. The number of aromatic nitrogens is 1. The molecule has 1 aromatic rings. The molecule has 1 atom stereocenters. The predicted octanol–water partition coefficient (Wildman–Crippen LogP) is 2.10. The fourth-order valence-corrected chi connectivity index (χ4v) is 2.91. The molecule has 2 rings (SSSR count). The van der Waals surface area contributed by atoms with Crippen molar-refractivity contribution in [2.24, 2.45) is 5.92 Å². The first kappa shape index (κ1) is 10.9. The second-order valence-electron chi connectivity index (χ2n) is 4.16. The van der Waals surface area contributed by atoms with Gasteiger partial charge in [-0.2, -0.15) is 0 Å². The lowest BCUT2D eigenvalue weighted by Gasteiger charge is -2.13. The van der Waals surface area contributed by atoms with Gasteiger partial charge in [-0.05, 0) is 19.4 Å². The Hall–Kier alpha value is -0.610. The van der Waals surface area contributed by atoms with E-state index < -0.39 is 0 Å².